The zero-order chi connectivity index (χ0) is 13.9. The van der Waals surface area contributed by atoms with Crippen molar-refractivity contribution in [1.29, 1.82) is 0 Å². The van der Waals surface area contributed by atoms with Crippen LogP contribution in [0, 0.1) is 0 Å². The van der Waals surface area contributed by atoms with Crippen LogP contribution >= 0.6 is 0 Å². The highest BCUT2D eigenvalue weighted by Crippen LogP contribution is 2.21. The summed E-state index contributed by atoms with van der Waals surface area (Å²) in [5, 5.41) is 1.96. The lowest BCUT2D eigenvalue weighted by Gasteiger charge is -2.17. The van der Waals surface area contributed by atoms with Gasteiger partial charge in [0.25, 0.3) is 0 Å². The predicted molar refractivity (Wildman–Crippen MR) is 77.4 cm³/mol. The van der Waals surface area contributed by atoms with E-state index in [1.54, 1.807) is 19.2 Å². The average Bonchev–Trinajstić information content (AvgIpc) is 2.44. The summed E-state index contributed by atoms with van der Waals surface area (Å²) in [5.41, 5.74) is 5.41. The van der Waals surface area contributed by atoms with Gasteiger partial charge in [0.2, 0.25) is 10.0 Å². The van der Waals surface area contributed by atoms with E-state index in [1.165, 1.54) is 4.31 Å². The van der Waals surface area contributed by atoms with E-state index in [9.17, 15) is 8.42 Å². The highest BCUT2D eigenvalue weighted by atomic mass is 32.2. The van der Waals surface area contributed by atoms with Crippen LogP contribution in [0.5, 0.6) is 0 Å². The molecule has 0 aliphatic carbocycles. The first-order chi connectivity index (χ1) is 9.05. The van der Waals surface area contributed by atoms with Crippen LogP contribution in [-0.2, 0) is 10.0 Å². The van der Waals surface area contributed by atoms with E-state index >= 15 is 0 Å². The first-order valence-corrected chi connectivity index (χ1v) is 7.65. The van der Waals surface area contributed by atoms with Crippen molar-refractivity contribution in [2.75, 3.05) is 20.1 Å². The van der Waals surface area contributed by atoms with Crippen molar-refractivity contribution >= 4 is 20.8 Å². The zero-order valence-electron chi connectivity index (χ0n) is 10.9. The Morgan fingerprint density at radius 1 is 1.11 bits per heavy atom. The maximum absolute atomic E-state index is 12.4. The van der Waals surface area contributed by atoms with Gasteiger partial charge in [-0.3, -0.25) is 0 Å². The Morgan fingerprint density at radius 3 is 2.47 bits per heavy atom. The fourth-order valence-corrected chi connectivity index (χ4v) is 3.19. The molecule has 0 unspecified atom stereocenters. The quantitative estimate of drug-likeness (QED) is 0.907. The van der Waals surface area contributed by atoms with Crippen molar-refractivity contribution in [3.05, 3.63) is 42.5 Å². The molecule has 0 saturated carbocycles. The molecule has 0 amide bonds. The Balaban J connectivity index is 2.37. The van der Waals surface area contributed by atoms with Gasteiger partial charge >= 0.3 is 0 Å². The molecular formula is C14H18N2O2S. The number of nitrogens with two attached hydrogens (primary N) is 1. The molecule has 0 bridgehead atoms. The Morgan fingerprint density at radius 2 is 1.79 bits per heavy atom. The van der Waals surface area contributed by atoms with Crippen molar-refractivity contribution < 1.29 is 8.42 Å². The third-order valence-corrected chi connectivity index (χ3v) is 4.96. The van der Waals surface area contributed by atoms with Crippen LogP contribution in [0.3, 0.4) is 0 Å². The Labute approximate surface area is 113 Å². The second-order valence-corrected chi connectivity index (χ2v) is 6.52. The maximum atomic E-state index is 12.4. The van der Waals surface area contributed by atoms with E-state index in [1.807, 2.05) is 30.3 Å². The average molecular weight is 278 g/mol. The number of fused-ring (bicyclic) bond motifs is 1. The molecule has 0 aliphatic heterocycles. The third-order valence-electron chi connectivity index (χ3n) is 3.11. The van der Waals surface area contributed by atoms with Gasteiger partial charge in [0.1, 0.15) is 0 Å². The van der Waals surface area contributed by atoms with Gasteiger partial charge in [-0.1, -0.05) is 30.3 Å². The van der Waals surface area contributed by atoms with E-state index in [0.29, 0.717) is 24.4 Å². The summed E-state index contributed by atoms with van der Waals surface area (Å²) in [5.74, 6) is 0. The molecule has 0 aliphatic rings. The lowest BCUT2D eigenvalue weighted by molar-refractivity contribution is 0.464. The zero-order valence-corrected chi connectivity index (χ0v) is 11.7. The second-order valence-electron chi connectivity index (χ2n) is 4.48. The summed E-state index contributed by atoms with van der Waals surface area (Å²) < 4.78 is 26.1. The number of benzene rings is 2. The lowest BCUT2D eigenvalue weighted by atomic mass is 10.1. The highest BCUT2D eigenvalue weighted by Gasteiger charge is 2.20. The van der Waals surface area contributed by atoms with Crippen molar-refractivity contribution in [3.8, 4) is 0 Å². The van der Waals surface area contributed by atoms with Gasteiger partial charge in [-0.05, 0) is 35.9 Å². The number of hydrogen-bond acceptors (Lipinski definition) is 3. The Kier molecular flexibility index (Phi) is 4.19. The van der Waals surface area contributed by atoms with E-state index in [-0.39, 0.29) is 0 Å². The van der Waals surface area contributed by atoms with Crippen LogP contribution in [0.15, 0.2) is 47.4 Å². The number of sulfonamides is 1. The number of rotatable bonds is 5. The van der Waals surface area contributed by atoms with Crippen molar-refractivity contribution in [3.63, 3.8) is 0 Å². The minimum atomic E-state index is -3.42. The van der Waals surface area contributed by atoms with Gasteiger partial charge in [-0.25, -0.2) is 12.7 Å². The highest BCUT2D eigenvalue weighted by molar-refractivity contribution is 7.89. The molecule has 2 rings (SSSR count). The summed E-state index contributed by atoms with van der Waals surface area (Å²) in [4.78, 5) is 0.325. The van der Waals surface area contributed by atoms with E-state index in [2.05, 4.69) is 0 Å². The van der Waals surface area contributed by atoms with Gasteiger partial charge in [0.05, 0.1) is 4.90 Å². The molecule has 102 valence electrons. The predicted octanol–water partition coefficient (Wildman–Crippen LogP) is 1.81. The van der Waals surface area contributed by atoms with Crippen LogP contribution in [-0.4, -0.2) is 32.9 Å². The SMILES string of the molecule is CN(CCCN)S(=O)(=O)c1ccc2ccccc2c1. The second kappa shape index (κ2) is 5.69. The van der Waals surface area contributed by atoms with E-state index in [4.69, 9.17) is 5.73 Å². The van der Waals surface area contributed by atoms with Crippen LogP contribution in [0.1, 0.15) is 6.42 Å². The van der Waals surface area contributed by atoms with E-state index < -0.39 is 10.0 Å². The van der Waals surface area contributed by atoms with Gasteiger partial charge in [0, 0.05) is 13.6 Å². The minimum absolute atomic E-state index is 0.325. The summed E-state index contributed by atoms with van der Waals surface area (Å²) in [6.07, 6.45) is 0.656. The normalized spacial score (nSPS) is 12.2. The molecule has 0 fully saturated rings. The van der Waals surface area contributed by atoms with Gasteiger partial charge in [-0.2, -0.15) is 0 Å². The number of hydrogen-bond donors (Lipinski definition) is 1. The van der Waals surface area contributed by atoms with Crippen molar-refractivity contribution in [2.45, 2.75) is 11.3 Å². The maximum Gasteiger partial charge on any atom is 0.242 e. The Bertz CT molecular complexity index is 668. The van der Waals surface area contributed by atoms with Crippen LogP contribution in [0.25, 0.3) is 10.8 Å². The molecule has 0 atom stereocenters. The molecule has 0 heterocycles. The summed E-state index contributed by atoms with van der Waals surface area (Å²) in [6, 6.07) is 12.9. The molecule has 2 aromatic rings. The molecule has 0 radical (unpaired) electrons. The molecule has 4 nitrogen and oxygen atoms in total. The van der Waals surface area contributed by atoms with Gasteiger partial charge < -0.3 is 5.73 Å². The largest absolute Gasteiger partial charge is 0.330 e. The molecule has 2 N–H and O–H groups in total. The molecule has 19 heavy (non-hydrogen) atoms. The van der Waals surface area contributed by atoms with Crippen molar-refractivity contribution in [2.24, 2.45) is 5.73 Å². The Hall–Kier alpha value is -1.43. The summed E-state index contributed by atoms with van der Waals surface area (Å²) in [6.45, 7) is 0.920. The topological polar surface area (TPSA) is 63.4 Å². The standard InChI is InChI=1S/C14H18N2O2S/c1-16(10-4-9-15)19(17,18)14-8-7-12-5-2-3-6-13(12)11-14/h2-3,5-8,11H,4,9-10,15H2,1H3. The minimum Gasteiger partial charge on any atom is -0.330 e. The van der Waals surface area contributed by atoms with Gasteiger partial charge in [0.15, 0.2) is 0 Å². The smallest absolute Gasteiger partial charge is 0.242 e. The molecule has 0 spiro atoms. The first-order valence-electron chi connectivity index (χ1n) is 6.21. The molecule has 0 aromatic heterocycles. The van der Waals surface area contributed by atoms with Gasteiger partial charge in [-0.15, -0.1) is 0 Å². The molecule has 5 heteroatoms. The van der Waals surface area contributed by atoms with Crippen LogP contribution in [0.2, 0.25) is 0 Å². The van der Waals surface area contributed by atoms with E-state index in [0.717, 1.165) is 10.8 Å². The monoisotopic (exact) mass is 278 g/mol. The molecular weight excluding hydrogens is 260 g/mol. The molecule has 0 saturated heterocycles. The van der Waals surface area contributed by atoms with Crippen LogP contribution in [0.4, 0.5) is 0 Å². The number of nitrogens with zero attached hydrogens (tertiary/aromatic N) is 1. The third kappa shape index (κ3) is 2.94. The van der Waals surface area contributed by atoms with Crippen molar-refractivity contribution in [1.82, 2.24) is 4.31 Å². The summed E-state index contributed by atoms with van der Waals surface area (Å²) in [7, 11) is -1.84. The fourth-order valence-electron chi connectivity index (χ4n) is 1.94. The molecule has 2 aromatic carbocycles. The fraction of sp³-hybridized carbons (Fsp3) is 0.286. The lowest BCUT2D eigenvalue weighted by Crippen LogP contribution is -2.29. The van der Waals surface area contributed by atoms with Crippen LogP contribution < -0.4 is 5.73 Å². The summed E-state index contributed by atoms with van der Waals surface area (Å²) >= 11 is 0. The first kappa shape index (κ1) is 14.0.